The molecule has 2 fully saturated rings. The summed E-state index contributed by atoms with van der Waals surface area (Å²) < 4.78 is 0. The fourth-order valence-electron chi connectivity index (χ4n) is 3.84. The average molecular weight is 266 g/mol. The quantitative estimate of drug-likeness (QED) is 0.756. The van der Waals surface area contributed by atoms with E-state index in [2.05, 4.69) is 24.1 Å². The first-order valence-electron chi connectivity index (χ1n) is 8.70. The number of nitrogens with one attached hydrogen (secondary N) is 1. The van der Waals surface area contributed by atoms with Crippen molar-refractivity contribution in [2.24, 2.45) is 11.8 Å². The van der Waals surface area contributed by atoms with Crippen molar-refractivity contribution >= 4 is 0 Å². The van der Waals surface area contributed by atoms with E-state index in [0.717, 1.165) is 17.9 Å². The lowest BCUT2D eigenvalue weighted by Crippen LogP contribution is -2.40. The van der Waals surface area contributed by atoms with Crippen molar-refractivity contribution in [1.29, 1.82) is 0 Å². The summed E-state index contributed by atoms with van der Waals surface area (Å²) in [5.41, 5.74) is 0. The van der Waals surface area contributed by atoms with Gasteiger partial charge in [-0.1, -0.05) is 46.0 Å². The summed E-state index contributed by atoms with van der Waals surface area (Å²) in [5.74, 6) is 1.83. The Morgan fingerprint density at radius 1 is 1.05 bits per heavy atom. The molecule has 1 N–H and O–H groups in total. The number of hydrogen-bond donors (Lipinski definition) is 1. The van der Waals surface area contributed by atoms with Gasteiger partial charge in [0.2, 0.25) is 0 Å². The van der Waals surface area contributed by atoms with Crippen LogP contribution in [0.25, 0.3) is 0 Å². The summed E-state index contributed by atoms with van der Waals surface area (Å²) in [6.07, 6.45) is 11.7. The summed E-state index contributed by atoms with van der Waals surface area (Å²) in [5, 5.41) is 3.66. The first-order valence-corrected chi connectivity index (χ1v) is 8.70. The Bertz CT molecular complexity index is 227. The molecule has 0 amide bonds. The normalized spacial score (nSPS) is 25.6. The Morgan fingerprint density at radius 3 is 2.47 bits per heavy atom. The Kier molecular flexibility index (Phi) is 6.66. The van der Waals surface area contributed by atoms with Crippen LogP contribution < -0.4 is 5.32 Å². The smallest absolute Gasteiger partial charge is 0.0195 e. The van der Waals surface area contributed by atoms with E-state index in [0.29, 0.717) is 0 Å². The highest BCUT2D eigenvalue weighted by molar-refractivity contribution is 4.79. The summed E-state index contributed by atoms with van der Waals surface area (Å²) in [4.78, 5) is 2.74. The Morgan fingerprint density at radius 2 is 1.84 bits per heavy atom. The lowest BCUT2D eigenvalue weighted by molar-refractivity contribution is 0.197. The van der Waals surface area contributed by atoms with E-state index in [4.69, 9.17) is 0 Å². The standard InChI is InChI=1S/C17H34N2/c1-15(2)13-19(14-17-9-6-11-18-17)12-10-16-7-4-3-5-8-16/h15-18H,3-14H2,1-2H3. The van der Waals surface area contributed by atoms with Gasteiger partial charge in [-0.05, 0) is 44.2 Å². The molecule has 19 heavy (non-hydrogen) atoms. The molecule has 112 valence electrons. The highest BCUT2D eigenvalue weighted by Gasteiger charge is 2.20. The zero-order valence-electron chi connectivity index (χ0n) is 13.2. The predicted octanol–water partition coefficient (Wildman–Crippen LogP) is 3.67. The summed E-state index contributed by atoms with van der Waals surface area (Å²) >= 11 is 0. The minimum Gasteiger partial charge on any atom is -0.313 e. The van der Waals surface area contributed by atoms with Crippen molar-refractivity contribution < 1.29 is 0 Å². The van der Waals surface area contributed by atoms with Gasteiger partial charge in [0.25, 0.3) is 0 Å². The van der Waals surface area contributed by atoms with Crippen molar-refractivity contribution in [2.45, 2.75) is 71.3 Å². The molecule has 2 rings (SSSR count). The number of nitrogens with zero attached hydrogens (tertiary/aromatic N) is 1. The van der Waals surface area contributed by atoms with Crippen LogP contribution in [0.15, 0.2) is 0 Å². The number of rotatable bonds is 7. The lowest BCUT2D eigenvalue weighted by atomic mass is 9.87. The molecule has 0 aromatic carbocycles. The van der Waals surface area contributed by atoms with Gasteiger partial charge in [-0.2, -0.15) is 0 Å². The first-order chi connectivity index (χ1) is 9.24. The van der Waals surface area contributed by atoms with Gasteiger partial charge in [0.1, 0.15) is 0 Å². The van der Waals surface area contributed by atoms with Crippen LogP contribution in [-0.4, -0.2) is 37.1 Å². The highest BCUT2D eigenvalue weighted by atomic mass is 15.2. The molecule has 1 aliphatic carbocycles. The van der Waals surface area contributed by atoms with E-state index >= 15 is 0 Å². The predicted molar refractivity (Wildman–Crippen MR) is 83.5 cm³/mol. The molecule has 2 heteroatoms. The summed E-state index contributed by atoms with van der Waals surface area (Å²) in [6, 6.07) is 0.769. The molecular weight excluding hydrogens is 232 g/mol. The SMILES string of the molecule is CC(C)CN(CCC1CCCCC1)CC1CCCN1. The van der Waals surface area contributed by atoms with Crippen LogP contribution in [0.2, 0.25) is 0 Å². The molecule has 1 atom stereocenters. The Labute approximate surface area is 120 Å². The van der Waals surface area contributed by atoms with E-state index < -0.39 is 0 Å². The van der Waals surface area contributed by atoms with Gasteiger partial charge < -0.3 is 10.2 Å². The molecule has 1 heterocycles. The Hall–Kier alpha value is -0.0800. The van der Waals surface area contributed by atoms with Crippen LogP contribution in [0.1, 0.15) is 65.2 Å². The van der Waals surface area contributed by atoms with E-state index in [1.54, 1.807) is 0 Å². The summed E-state index contributed by atoms with van der Waals surface area (Å²) in [7, 11) is 0. The maximum Gasteiger partial charge on any atom is 0.0195 e. The lowest BCUT2D eigenvalue weighted by Gasteiger charge is -2.30. The largest absolute Gasteiger partial charge is 0.313 e. The molecule has 1 saturated heterocycles. The van der Waals surface area contributed by atoms with E-state index in [-0.39, 0.29) is 0 Å². The molecule has 0 spiro atoms. The van der Waals surface area contributed by atoms with Gasteiger partial charge in [0.15, 0.2) is 0 Å². The maximum absolute atomic E-state index is 3.66. The maximum atomic E-state index is 3.66. The van der Waals surface area contributed by atoms with Crippen LogP contribution in [-0.2, 0) is 0 Å². The second-order valence-electron chi connectivity index (χ2n) is 7.24. The zero-order valence-corrected chi connectivity index (χ0v) is 13.2. The summed E-state index contributed by atoms with van der Waals surface area (Å²) in [6.45, 7) is 9.85. The van der Waals surface area contributed by atoms with Crippen LogP contribution in [0.3, 0.4) is 0 Å². The van der Waals surface area contributed by atoms with Crippen molar-refractivity contribution in [2.75, 3.05) is 26.2 Å². The van der Waals surface area contributed by atoms with Crippen molar-refractivity contribution in [3.63, 3.8) is 0 Å². The fourth-order valence-corrected chi connectivity index (χ4v) is 3.84. The molecular formula is C17H34N2. The molecule has 2 aliphatic rings. The van der Waals surface area contributed by atoms with Crippen molar-refractivity contribution in [3.05, 3.63) is 0 Å². The van der Waals surface area contributed by atoms with Crippen LogP contribution in [0.5, 0.6) is 0 Å². The molecule has 1 saturated carbocycles. The molecule has 0 radical (unpaired) electrons. The molecule has 2 nitrogen and oxygen atoms in total. The fraction of sp³-hybridized carbons (Fsp3) is 1.00. The third kappa shape index (κ3) is 5.83. The second kappa shape index (κ2) is 8.26. The minimum absolute atomic E-state index is 0.769. The zero-order chi connectivity index (χ0) is 13.5. The van der Waals surface area contributed by atoms with Gasteiger partial charge in [0.05, 0.1) is 0 Å². The molecule has 0 aromatic heterocycles. The van der Waals surface area contributed by atoms with Gasteiger partial charge in [-0.3, -0.25) is 0 Å². The van der Waals surface area contributed by atoms with Crippen molar-refractivity contribution in [1.82, 2.24) is 10.2 Å². The van der Waals surface area contributed by atoms with Gasteiger partial charge in [0, 0.05) is 19.1 Å². The average Bonchev–Trinajstić information content (AvgIpc) is 2.89. The monoisotopic (exact) mass is 266 g/mol. The topological polar surface area (TPSA) is 15.3 Å². The highest BCUT2D eigenvalue weighted by Crippen LogP contribution is 2.26. The van der Waals surface area contributed by atoms with Gasteiger partial charge in [-0.25, -0.2) is 0 Å². The van der Waals surface area contributed by atoms with E-state index in [9.17, 15) is 0 Å². The van der Waals surface area contributed by atoms with Crippen LogP contribution in [0.4, 0.5) is 0 Å². The molecule has 1 unspecified atom stereocenters. The van der Waals surface area contributed by atoms with Gasteiger partial charge in [-0.15, -0.1) is 0 Å². The first kappa shape index (κ1) is 15.3. The van der Waals surface area contributed by atoms with Gasteiger partial charge >= 0.3 is 0 Å². The molecule has 0 aromatic rings. The third-order valence-electron chi connectivity index (χ3n) is 4.84. The van der Waals surface area contributed by atoms with E-state index in [1.165, 1.54) is 77.5 Å². The van der Waals surface area contributed by atoms with E-state index in [1.807, 2.05) is 0 Å². The minimum atomic E-state index is 0.769. The molecule has 0 bridgehead atoms. The number of hydrogen-bond acceptors (Lipinski definition) is 2. The van der Waals surface area contributed by atoms with Crippen LogP contribution in [0, 0.1) is 11.8 Å². The van der Waals surface area contributed by atoms with Crippen LogP contribution >= 0.6 is 0 Å². The third-order valence-corrected chi connectivity index (χ3v) is 4.84. The molecule has 1 aliphatic heterocycles. The second-order valence-corrected chi connectivity index (χ2v) is 7.24. The van der Waals surface area contributed by atoms with Crippen molar-refractivity contribution in [3.8, 4) is 0 Å². The Balaban J connectivity index is 1.72.